The number of imidazole rings is 1. The van der Waals surface area contributed by atoms with Gasteiger partial charge in [0.05, 0.1) is 25.1 Å². The fraction of sp³-hybridized carbons (Fsp3) is 0.296. The summed E-state index contributed by atoms with van der Waals surface area (Å²) >= 11 is 0. The Hall–Kier alpha value is -4.07. The smallest absolute Gasteiger partial charge is 0.295 e. The van der Waals surface area contributed by atoms with E-state index in [2.05, 4.69) is 4.98 Å². The minimum atomic E-state index is -0.726. The van der Waals surface area contributed by atoms with E-state index in [0.29, 0.717) is 36.4 Å². The summed E-state index contributed by atoms with van der Waals surface area (Å²) in [7, 11) is 1.56. The van der Waals surface area contributed by atoms with Crippen LogP contribution in [-0.4, -0.2) is 51.0 Å². The molecule has 0 saturated carbocycles. The van der Waals surface area contributed by atoms with Gasteiger partial charge in [0.1, 0.15) is 23.4 Å². The van der Waals surface area contributed by atoms with Gasteiger partial charge in [0, 0.05) is 37.5 Å². The molecule has 2 aliphatic heterocycles. The van der Waals surface area contributed by atoms with Gasteiger partial charge in [-0.05, 0) is 54.8 Å². The van der Waals surface area contributed by atoms with Crippen molar-refractivity contribution in [3.63, 3.8) is 0 Å². The molecular weight excluding hydrogens is 446 g/mol. The van der Waals surface area contributed by atoms with E-state index < -0.39 is 17.7 Å². The van der Waals surface area contributed by atoms with E-state index in [1.165, 1.54) is 4.90 Å². The number of carbonyl (C=O) groups is 2. The van der Waals surface area contributed by atoms with Crippen molar-refractivity contribution in [1.82, 2.24) is 14.5 Å². The number of ketones is 1. The van der Waals surface area contributed by atoms with E-state index in [1.807, 2.05) is 35.9 Å². The van der Waals surface area contributed by atoms with E-state index in [1.54, 1.807) is 43.9 Å². The Labute approximate surface area is 203 Å². The van der Waals surface area contributed by atoms with E-state index in [9.17, 15) is 14.7 Å². The average molecular weight is 474 g/mol. The molecule has 1 fully saturated rings. The Morgan fingerprint density at radius 3 is 2.83 bits per heavy atom. The first kappa shape index (κ1) is 22.7. The topological polar surface area (TPSA) is 93.9 Å². The summed E-state index contributed by atoms with van der Waals surface area (Å²) in [4.78, 5) is 32.0. The van der Waals surface area contributed by atoms with Gasteiger partial charge in [0.2, 0.25) is 0 Å². The van der Waals surface area contributed by atoms with Crippen LogP contribution in [0, 0.1) is 0 Å². The molecule has 1 aromatic heterocycles. The molecule has 2 unspecified atom stereocenters. The molecular formula is C27H27N3O5. The van der Waals surface area contributed by atoms with Gasteiger partial charge >= 0.3 is 0 Å². The monoisotopic (exact) mass is 473 g/mol. The lowest BCUT2D eigenvalue weighted by Gasteiger charge is -2.25. The number of hydrogen-bond donors (Lipinski definition) is 1. The maximum atomic E-state index is 13.3. The van der Waals surface area contributed by atoms with Crippen molar-refractivity contribution in [1.29, 1.82) is 0 Å². The number of benzene rings is 2. The zero-order valence-electron chi connectivity index (χ0n) is 19.7. The number of methoxy groups -OCH3 is 1. The molecule has 0 radical (unpaired) electrons. The third-order valence-electron chi connectivity index (χ3n) is 6.49. The summed E-state index contributed by atoms with van der Waals surface area (Å²) in [6, 6.07) is 11.9. The van der Waals surface area contributed by atoms with Crippen molar-refractivity contribution in [2.75, 3.05) is 13.7 Å². The first-order valence-corrected chi connectivity index (χ1v) is 11.6. The highest BCUT2D eigenvalue weighted by Crippen LogP contribution is 2.41. The number of hydrogen-bond acceptors (Lipinski definition) is 6. The largest absolute Gasteiger partial charge is 0.507 e. The fourth-order valence-corrected chi connectivity index (χ4v) is 4.84. The minimum Gasteiger partial charge on any atom is -0.507 e. The predicted molar refractivity (Wildman–Crippen MR) is 129 cm³/mol. The second-order valence-electron chi connectivity index (χ2n) is 8.88. The SMILES string of the molecule is COc1cccc(C2/C(=C(/O)c3ccc4c(c3)CC(C)O4)C(=O)C(=O)N2CCCn2ccnc2)c1. The first-order chi connectivity index (χ1) is 17.0. The number of amides is 1. The predicted octanol–water partition coefficient (Wildman–Crippen LogP) is 3.73. The number of nitrogens with zero attached hydrogens (tertiary/aromatic N) is 3. The summed E-state index contributed by atoms with van der Waals surface area (Å²) < 4.78 is 13.1. The van der Waals surface area contributed by atoms with E-state index in [4.69, 9.17) is 9.47 Å². The van der Waals surface area contributed by atoms with Crippen molar-refractivity contribution in [3.05, 3.63) is 83.4 Å². The number of aryl methyl sites for hydroxylation is 1. The number of ether oxygens (including phenoxy) is 2. The van der Waals surface area contributed by atoms with Crippen molar-refractivity contribution in [2.24, 2.45) is 0 Å². The summed E-state index contributed by atoms with van der Waals surface area (Å²) in [5.74, 6) is -0.115. The molecule has 5 rings (SSSR count). The van der Waals surface area contributed by atoms with Gasteiger partial charge in [-0.3, -0.25) is 9.59 Å². The molecule has 1 amide bonds. The third kappa shape index (κ3) is 4.27. The van der Waals surface area contributed by atoms with Crippen LogP contribution < -0.4 is 9.47 Å². The zero-order chi connectivity index (χ0) is 24.5. The minimum absolute atomic E-state index is 0.0558. The number of aliphatic hydroxyl groups is 1. The van der Waals surface area contributed by atoms with Crippen LogP contribution in [0.3, 0.4) is 0 Å². The normalized spacial score (nSPS) is 20.7. The second kappa shape index (κ2) is 9.29. The van der Waals surface area contributed by atoms with Crippen molar-refractivity contribution in [3.8, 4) is 11.5 Å². The lowest BCUT2D eigenvalue weighted by Crippen LogP contribution is -2.31. The molecule has 2 atom stereocenters. The van der Waals surface area contributed by atoms with Gasteiger partial charge in [-0.25, -0.2) is 4.98 Å². The van der Waals surface area contributed by atoms with E-state index >= 15 is 0 Å². The molecule has 35 heavy (non-hydrogen) atoms. The van der Waals surface area contributed by atoms with Crippen LogP contribution in [0.4, 0.5) is 0 Å². The summed E-state index contributed by atoms with van der Waals surface area (Å²) in [6.45, 7) is 2.98. The molecule has 0 spiro atoms. The number of Topliss-reactive ketones (excluding diaryl/α,β-unsaturated/α-hetero) is 1. The quantitative estimate of drug-likeness (QED) is 0.319. The molecule has 1 saturated heterocycles. The number of aliphatic hydroxyl groups excluding tert-OH is 1. The van der Waals surface area contributed by atoms with E-state index in [-0.39, 0.29) is 17.4 Å². The van der Waals surface area contributed by atoms with E-state index in [0.717, 1.165) is 17.7 Å². The Kier molecular flexibility index (Phi) is 6.03. The fourth-order valence-electron chi connectivity index (χ4n) is 4.84. The Morgan fingerprint density at radius 1 is 1.20 bits per heavy atom. The van der Waals surface area contributed by atoms with Crippen LogP contribution in [0.5, 0.6) is 11.5 Å². The van der Waals surface area contributed by atoms with Crippen LogP contribution in [0.2, 0.25) is 0 Å². The Balaban J connectivity index is 1.54. The molecule has 8 nitrogen and oxygen atoms in total. The van der Waals surface area contributed by atoms with Crippen LogP contribution in [0.15, 0.2) is 66.8 Å². The van der Waals surface area contributed by atoms with Gasteiger partial charge in [-0.1, -0.05) is 12.1 Å². The number of aromatic nitrogens is 2. The summed E-state index contributed by atoms with van der Waals surface area (Å²) in [5.41, 5.74) is 2.24. The molecule has 3 aromatic rings. The zero-order valence-corrected chi connectivity index (χ0v) is 19.7. The Bertz CT molecular complexity index is 1300. The number of rotatable bonds is 7. The van der Waals surface area contributed by atoms with Gasteiger partial charge < -0.3 is 24.0 Å². The molecule has 3 heterocycles. The van der Waals surface area contributed by atoms with Crippen LogP contribution >= 0.6 is 0 Å². The molecule has 180 valence electrons. The van der Waals surface area contributed by atoms with Gasteiger partial charge in [0.25, 0.3) is 11.7 Å². The highest BCUT2D eigenvalue weighted by atomic mass is 16.5. The van der Waals surface area contributed by atoms with Gasteiger partial charge in [-0.2, -0.15) is 0 Å². The summed E-state index contributed by atoms with van der Waals surface area (Å²) in [6.07, 6.45) is 6.67. The van der Waals surface area contributed by atoms with Crippen molar-refractivity contribution in [2.45, 2.75) is 38.5 Å². The molecule has 1 N–H and O–H groups in total. The lowest BCUT2D eigenvalue weighted by atomic mass is 9.94. The maximum Gasteiger partial charge on any atom is 0.295 e. The molecule has 2 aromatic carbocycles. The Morgan fingerprint density at radius 2 is 2.06 bits per heavy atom. The molecule has 2 aliphatic rings. The van der Waals surface area contributed by atoms with Crippen LogP contribution in [0.1, 0.15) is 36.1 Å². The van der Waals surface area contributed by atoms with Crippen LogP contribution in [-0.2, 0) is 22.6 Å². The first-order valence-electron chi connectivity index (χ1n) is 11.6. The van der Waals surface area contributed by atoms with Crippen molar-refractivity contribution >= 4 is 17.4 Å². The van der Waals surface area contributed by atoms with Crippen molar-refractivity contribution < 1.29 is 24.2 Å². The standard InChI is InChI=1S/C27H27N3O5/c1-17-13-20-14-19(7-8-22(20)35-17)25(31)23-24(18-5-3-6-21(15-18)34-2)30(27(33)26(23)32)11-4-10-29-12-9-28-16-29/h3,5-9,12,14-17,24,31H,4,10-11,13H2,1-2H3/b25-23-. The highest BCUT2D eigenvalue weighted by molar-refractivity contribution is 6.46. The molecule has 8 heteroatoms. The highest BCUT2D eigenvalue weighted by Gasteiger charge is 2.46. The van der Waals surface area contributed by atoms with Gasteiger partial charge in [-0.15, -0.1) is 0 Å². The van der Waals surface area contributed by atoms with Crippen LogP contribution in [0.25, 0.3) is 5.76 Å². The van der Waals surface area contributed by atoms with Gasteiger partial charge in [0.15, 0.2) is 0 Å². The molecule has 0 bridgehead atoms. The number of carbonyl (C=O) groups excluding carboxylic acids is 2. The third-order valence-corrected chi connectivity index (χ3v) is 6.49. The lowest BCUT2D eigenvalue weighted by molar-refractivity contribution is -0.139. The number of fused-ring (bicyclic) bond motifs is 1. The number of likely N-dealkylation sites (tertiary alicyclic amines) is 1. The average Bonchev–Trinajstić information content (AvgIpc) is 3.57. The second-order valence-corrected chi connectivity index (χ2v) is 8.88. The maximum absolute atomic E-state index is 13.3. The summed E-state index contributed by atoms with van der Waals surface area (Å²) in [5, 5.41) is 11.4. The molecule has 0 aliphatic carbocycles.